The number of anilines is 2. The number of nitrogens with two attached hydrogens (primary N) is 1. The summed E-state index contributed by atoms with van der Waals surface area (Å²) in [6, 6.07) is 3.57. The van der Waals surface area contributed by atoms with E-state index in [4.69, 9.17) is 38.1 Å². The quantitative estimate of drug-likeness (QED) is 0.623. The summed E-state index contributed by atoms with van der Waals surface area (Å²) in [5, 5.41) is 1.19. The second-order valence-electron chi connectivity index (χ2n) is 7.78. The van der Waals surface area contributed by atoms with Crippen LogP contribution >= 0.6 is 23.2 Å². The second-order valence-corrected chi connectivity index (χ2v) is 8.63. The van der Waals surface area contributed by atoms with Gasteiger partial charge < -0.3 is 24.7 Å². The number of nitrogens with zero attached hydrogens (tertiary/aromatic N) is 4. The normalized spacial score (nSPS) is 21.4. The largest absolute Gasteiger partial charge is 0.421 e. The molecule has 1 amide bonds. The van der Waals surface area contributed by atoms with Crippen molar-refractivity contribution >= 4 is 51.9 Å². The number of halogens is 2. The van der Waals surface area contributed by atoms with Gasteiger partial charge >= 0.3 is 0 Å². The number of fused-ring (bicyclic) bond motifs is 2. The van der Waals surface area contributed by atoms with Gasteiger partial charge in [-0.1, -0.05) is 23.2 Å². The summed E-state index contributed by atoms with van der Waals surface area (Å²) < 4.78 is 11.4. The van der Waals surface area contributed by atoms with Gasteiger partial charge in [0.1, 0.15) is 11.2 Å². The molecule has 0 saturated carbocycles. The van der Waals surface area contributed by atoms with Crippen molar-refractivity contribution in [2.24, 2.45) is 0 Å². The Morgan fingerprint density at radius 3 is 2.94 bits per heavy atom. The molecule has 31 heavy (non-hydrogen) atoms. The predicted molar refractivity (Wildman–Crippen MR) is 118 cm³/mol. The molecule has 2 aliphatic heterocycles. The number of ether oxygens (including phenoxy) is 1. The molecule has 0 unspecified atom stereocenters. The first-order chi connectivity index (χ1) is 14.9. The number of aromatic nitrogens is 2. The van der Waals surface area contributed by atoms with Crippen LogP contribution in [-0.2, 0) is 16.0 Å². The van der Waals surface area contributed by atoms with Gasteiger partial charge in [0.2, 0.25) is 0 Å². The van der Waals surface area contributed by atoms with Gasteiger partial charge in [0, 0.05) is 23.1 Å². The lowest BCUT2D eigenvalue weighted by molar-refractivity contribution is -0.147. The summed E-state index contributed by atoms with van der Waals surface area (Å²) in [5.74, 6) is -0.0638. The van der Waals surface area contributed by atoms with Crippen molar-refractivity contribution in [2.75, 3.05) is 36.9 Å². The molecule has 8 nitrogen and oxygen atoms in total. The van der Waals surface area contributed by atoms with E-state index in [9.17, 15) is 4.79 Å². The van der Waals surface area contributed by atoms with Crippen molar-refractivity contribution in [2.45, 2.75) is 25.5 Å². The molecule has 3 aromatic rings. The maximum absolute atomic E-state index is 13.4. The lowest BCUT2D eigenvalue weighted by Crippen LogP contribution is -2.53. The molecule has 10 heteroatoms. The summed E-state index contributed by atoms with van der Waals surface area (Å²) in [6.45, 7) is 3.96. The third-order valence-electron chi connectivity index (χ3n) is 5.95. The molecule has 4 heterocycles. The number of nitrogen functional groups attached to an aromatic ring is 1. The highest BCUT2D eigenvalue weighted by Crippen LogP contribution is 2.37. The van der Waals surface area contributed by atoms with Gasteiger partial charge in [0.25, 0.3) is 11.9 Å². The monoisotopic (exact) mass is 461 g/mol. The van der Waals surface area contributed by atoms with Crippen LogP contribution in [0.1, 0.15) is 24.1 Å². The van der Waals surface area contributed by atoms with Crippen LogP contribution in [0.3, 0.4) is 0 Å². The lowest BCUT2D eigenvalue weighted by Gasteiger charge is -2.40. The number of amides is 1. The minimum absolute atomic E-state index is 0.0638. The zero-order valence-corrected chi connectivity index (χ0v) is 18.4. The fourth-order valence-corrected chi connectivity index (χ4v) is 5.18. The number of morpholine rings is 1. The number of carbonyl (C=O) groups excluding carboxylic acids is 1. The van der Waals surface area contributed by atoms with Crippen LogP contribution in [0.25, 0.3) is 11.1 Å². The molecular weight excluding hydrogens is 441 g/mol. The highest BCUT2D eigenvalue weighted by molar-refractivity contribution is 6.35. The van der Waals surface area contributed by atoms with Crippen LogP contribution in [0.15, 0.2) is 28.9 Å². The SMILES string of the molecule is C[C@@H]1c2c(Cl)cc(Cl)cc2CCN1C(=O)[C@H]1CN(c2cncc3nc(N)oc23)CCO1. The first-order valence-corrected chi connectivity index (χ1v) is 10.8. The maximum atomic E-state index is 13.4. The molecule has 5 rings (SSSR count). The number of oxazole rings is 1. The molecule has 0 spiro atoms. The molecular formula is C21H21Cl2N5O3. The Morgan fingerprint density at radius 1 is 1.26 bits per heavy atom. The van der Waals surface area contributed by atoms with E-state index in [-0.39, 0.29) is 18.0 Å². The fourth-order valence-electron chi connectivity index (χ4n) is 4.49. The van der Waals surface area contributed by atoms with Crippen LogP contribution in [-0.4, -0.2) is 53.1 Å². The van der Waals surface area contributed by atoms with E-state index in [0.717, 1.165) is 16.8 Å². The van der Waals surface area contributed by atoms with Crippen LogP contribution in [0.4, 0.5) is 11.7 Å². The molecule has 1 fully saturated rings. The van der Waals surface area contributed by atoms with Gasteiger partial charge in [0.05, 0.1) is 31.6 Å². The van der Waals surface area contributed by atoms with E-state index >= 15 is 0 Å². The van der Waals surface area contributed by atoms with Gasteiger partial charge in [-0.05, 0) is 36.6 Å². The average molecular weight is 462 g/mol. The van der Waals surface area contributed by atoms with E-state index in [2.05, 4.69) is 9.97 Å². The number of hydrogen-bond donors (Lipinski definition) is 1. The van der Waals surface area contributed by atoms with E-state index in [0.29, 0.717) is 53.8 Å². The minimum atomic E-state index is -0.612. The Balaban J connectivity index is 1.38. The zero-order chi connectivity index (χ0) is 21.7. The van der Waals surface area contributed by atoms with Crippen molar-refractivity contribution in [3.63, 3.8) is 0 Å². The standard InChI is InChI=1S/C21H21Cl2N5O3/c1-11-18-12(6-13(22)7-14(18)23)2-3-28(11)20(29)17-10-27(4-5-30-17)16-9-25-8-15-19(16)31-21(24)26-15/h6-9,11,17H,2-5,10H2,1H3,(H2,24,26)/t11-,17-/m1/s1. The summed E-state index contributed by atoms with van der Waals surface area (Å²) in [4.78, 5) is 25.7. The molecule has 1 saturated heterocycles. The summed E-state index contributed by atoms with van der Waals surface area (Å²) >= 11 is 12.6. The molecule has 0 aliphatic carbocycles. The van der Waals surface area contributed by atoms with Crippen molar-refractivity contribution < 1.29 is 13.9 Å². The first kappa shape index (κ1) is 20.4. The van der Waals surface area contributed by atoms with Crippen molar-refractivity contribution in [3.8, 4) is 0 Å². The van der Waals surface area contributed by atoms with Crippen LogP contribution in [0.5, 0.6) is 0 Å². The molecule has 2 N–H and O–H groups in total. The summed E-state index contributed by atoms with van der Waals surface area (Å²) in [7, 11) is 0. The van der Waals surface area contributed by atoms with Gasteiger partial charge in [0.15, 0.2) is 11.7 Å². The van der Waals surface area contributed by atoms with Gasteiger partial charge in [-0.25, -0.2) is 0 Å². The highest BCUT2D eigenvalue weighted by Gasteiger charge is 2.36. The number of hydrogen-bond acceptors (Lipinski definition) is 7. The molecule has 2 atom stereocenters. The molecule has 2 aliphatic rings. The Labute approximate surface area is 188 Å². The number of pyridine rings is 1. The van der Waals surface area contributed by atoms with Gasteiger partial charge in [-0.2, -0.15) is 4.98 Å². The fraction of sp³-hybridized carbons (Fsp3) is 0.381. The van der Waals surface area contributed by atoms with Crippen LogP contribution < -0.4 is 10.6 Å². The smallest absolute Gasteiger partial charge is 0.293 e. The number of carbonyl (C=O) groups is 1. The molecule has 162 valence electrons. The zero-order valence-electron chi connectivity index (χ0n) is 16.8. The van der Waals surface area contributed by atoms with E-state index < -0.39 is 6.10 Å². The third kappa shape index (κ3) is 3.58. The third-order valence-corrected chi connectivity index (χ3v) is 6.48. The van der Waals surface area contributed by atoms with Crippen molar-refractivity contribution in [3.05, 3.63) is 45.7 Å². The van der Waals surface area contributed by atoms with Crippen LogP contribution in [0.2, 0.25) is 10.0 Å². The van der Waals surface area contributed by atoms with E-state index in [1.165, 1.54) is 0 Å². The summed E-state index contributed by atoms with van der Waals surface area (Å²) in [5.41, 5.74) is 9.63. The van der Waals surface area contributed by atoms with Crippen LogP contribution in [0, 0.1) is 0 Å². The second kappa shape index (κ2) is 7.85. The first-order valence-electron chi connectivity index (χ1n) is 10.1. The topological polar surface area (TPSA) is 97.7 Å². The highest BCUT2D eigenvalue weighted by atomic mass is 35.5. The molecule has 2 aromatic heterocycles. The minimum Gasteiger partial charge on any atom is -0.421 e. The van der Waals surface area contributed by atoms with E-state index in [1.54, 1.807) is 18.5 Å². The average Bonchev–Trinajstić information content (AvgIpc) is 3.13. The molecule has 1 aromatic carbocycles. The Kier molecular flexibility index (Phi) is 5.16. The van der Waals surface area contributed by atoms with Crippen molar-refractivity contribution in [1.82, 2.24) is 14.9 Å². The Hall–Kier alpha value is -2.55. The molecule has 0 bridgehead atoms. The van der Waals surface area contributed by atoms with Gasteiger partial charge in [-0.3, -0.25) is 9.78 Å². The van der Waals surface area contributed by atoms with Gasteiger partial charge in [-0.15, -0.1) is 0 Å². The Morgan fingerprint density at radius 2 is 2.10 bits per heavy atom. The molecule has 0 radical (unpaired) electrons. The number of rotatable bonds is 2. The van der Waals surface area contributed by atoms with E-state index in [1.807, 2.05) is 22.8 Å². The Bertz CT molecular complexity index is 1170. The predicted octanol–water partition coefficient (Wildman–Crippen LogP) is 3.46. The lowest BCUT2D eigenvalue weighted by atomic mass is 9.93. The summed E-state index contributed by atoms with van der Waals surface area (Å²) in [6.07, 6.45) is 3.38. The van der Waals surface area contributed by atoms with Crippen molar-refractivity contribution in [1.29, 1.82) is 0 Å². The number of benzene rings is 1. The maximum Gasteiger partial charge on any atom is 0.293 e.